The number of nitrogens with zero attached hydrogens (tertiary/aromatic N) is 4. The topological polar surface area (TPSA) is 68.1 Å². The van der Waals surface area contributed by atoms with Crippen molar-refractivity contribution in [2.24, 2.45) is 4.99 Å². The van der Waals surface area contributed by atoms with Crippen molar-refractivity contribution in [3.05, 3.63) is 72.2 Å². The SMILES string of the molecule is CC(C)(C)c1ccc(OCCn2cc(C=Nc3ncn[nH]3)c3ccccc32)cc1. The third kappa shape index (κ3) is 4.37. The fourth-order valence-electron chi connectivity index (χ4n) is 3.27. The molecule has 2 heterocycles. The minimum Gasteiger partial charge on any atom is -0.492 e. The van der Waals surface area contributed by atoms with E-state index in [9.17, 15) is 0 Å². The van der Waals surface area contributed by atoms with Gasteiger partial charge in [-0.25, -0.2) is 10.1 Å². The summed E-state index contributed by atoms with van der Waals surface area (Å²) in [6.07, 6.45) is 5.35. The maximum atomic E-state index is 5.98. The smallest absolute Gasteiger partial charge is 0.245 e. The van der Waals surface area contributed by atoms with Crippen LogP contribution in [0, 0.1) is 0 Å². The van der Waals surface area contributed by atoms with E-state index in [0.717, 1.165) is 28.8 Å². The van der Waals surface area contributed by atoms with Gasteiger partial charge >= 0.3 is 0 Å². The fourth-order valence-corrected chi connectivity index (χ4v) is 3.27. The van der Waals surface area contributed by atoms with E-state index in [2.05, 4.69) is 76.0 Å². The zero-order chi connectivity index (χ0) is 20.3. The number of aromatic amines is 1. The first kappa shape index (κ1) is 18.9. The Hall–Kier alpha value is -3.41. The van der Waals surface area contributed by atoms with Gasteiger partial charge in [0.15, 0.2) is 0 Å². The van der Waals surface area contributed by atoms with Crippen LogP contribution in [0.1, 0.15) is 31.9 Å². The van der Waals surface area contributed by atoms with Gasteiger partial charge in [0, 0.05) is 28.9 Å². The van der Waals surface area contributed by atoms with Gasteiger partial charge in [-0.05, 0) is 29.2 Å². The molecule has 4 aromatic rings. The van der Waals surface area contributed by atoms with Crippen molar-refractivity contribution in [3.63, 3.8) is 0 Å². The Kier molecular flexibility index (Phi) is 5.16. The third-order valence-corrected chi connectivity index (χ3v) is 4.87. The first-order chi connectivity index (χ1) is 14.0. The van der Waals surface area contributed by atoms with E-state index in [0.29, 0.717) is 12.6 Å². The number of para-hydroxylation sites is 1. The number of ether oxygens (including phenoxy) is 1. The number of benzene rings is 2. The van der Waals surface area contributed by atoms with Gasteiger partial charge in [0.2, 0.25) is 5.95 Å². The second-order valence-corrected chi connectivity index (χ2v) is 7.99. The molecule has 0 saturated heterocycles. The predicted molar refractivity (Wildman–Crippen MR) is 116 cm³/mol. The first-order valence-corrected chi connectivity index (χ1v) is 9.71. The van der Waals surface area contributed by atoms with Crippen molar-refractivity contribution < 1.29 is 4.74 Å². The van der Waals surface area contributed by atoms with Crippen molar-refractivity contribution in [1.82, 2.24) is 19.7 Å². The average Bonchev–Trinajstić information content (AvgIpc) is 3.34. The molecule has 6 nitrogen and oxygen atoms in total. The van der Waals surface area contributed by atoms with Gasteiger partial charge < -0.3 is 9.30 Å². The summed E-state index contributed by atoms with van der Waals surface area (Å²) < 4.78 is 8.17. The first-order valence-electron chi connectivity index (χ1n) is 9.71. The molecular formula is C23H25N5O. The molecule has 0 atom stereocenters. The van der Waals surface area contributed by atoms with Crippen LogP contribution in [0.4, 0.5) is 5.95 Å². The summed E-state index contributed by atoms with van der Waals surface area (Å²) in [6.45, 7) is 7.97. The van der Waals surface area contributed by atoms with E-state index in [1.807, 2.05) is 30.5 Å². The minimum atomic E-state index is 0.145. The number of fused-ring (bicyclic) bond motifs is 1. The van der Waals surface area contributed by atoms with E-state index in [4.69, 9.17) is 4.74 Å². The highest BCUT2D eigenvalue weighted by molar-refractivity contribution is 5.99. The number of hydrogen-bond acceptors (Lipinski definition) is 4. The lowest BCUT2D eigenvalue weighted by Gasteiger charge is -2.19. The Bertz CT molecular complexity index is 1100. The highest BCUT2D eigenvalue weighted by atomic mass is 16.5. The molecule has 0 aliphatic carbocycles. The predicted octanol–water partition coefficient (Wildman–Crippen LogP) is 4.89. The summed E-state index contributed by atoms with van der Waals surface area (Å²) in [7, 11) is 0. The summed E-state index contributed by atoms with van der Waals surface area (Å²) in [5.41, 5.74) is 3.63. The van der Waals surface area contributed by atoms with Gasteiger partial charge in [-0.2, -0.15) is 10.1 Å². The molecule has 148 valence electrons. The van der Waals surface area contributed by atoms with Crippen molar-refractivity contribution >= 4 is 23.1 Å². The Morgan fingerprint density at radius 2 is 1.90 bits per heavy atom. The molecular weight excluding hydrogens is 362 g/mol. The van der Waals surface area contributed by atoms with E-state index in [1.165, 1.54) is 11.9 Å². The molecule has 0 unspecified atom stereocenters. The molecule has 0 radical (unpaired) electrons. The lowest BCUT2D eigenvalue weighted by Crippen LogP contribution is -2.11. The molecule has 2 aromatic carbocycles. The Balaban J connectivity index is 1.47. The summed E-state index contributed by atoms with van der Waals surface area (Å²) in [5, 5.41) is 7.70. The monoisotopic (exact) mass is 387 g/mol. The Morgan fingerprint density at radius 3 is 2.62 bits per heavy atom. The van der Waals surface area contributed by atoms with Crippen LogP contribution in [0.2, 0.25) is 0 Å². The van der Waals surface area contributed by atoms with Crippen LogP contribution in [0.5, 0.6) is 5.75 Å². The van der Waals surface area contributed by atoms with Crippen molar-refractivity contribution in [3.8, 4) is 5.75 Å². The van der Waals surface area contributed by atoms with Crippen LogP contribution < -0.4 is 4.74 Å². The summed E-state index contributed by atoms with van der Waals surface area (Å²) in [6, 6.07) is 16.7. The molecule has 6 heteroatoms. The molecule has 0 spiro atoms. The highest BCUT2D eigenvalue weighted by Gasteiger charge is 2.13. The standard InChI is InChI=1S/C23H25N5O/c1-23(2,3)18-8-10-19(11-9-18)29-13-12-28-15-17(14-24-22-25-16-26-27-22)20-6-4-5-7-21(20)28/h4-11,14-16H,12-13H2,1-3H3,(H,25,26,27). The molecule has 29 heavy (non-hydrogen) atoms. The molecule has 0 amide bonds. The average molecular weight is 387 g/mol. The molecule has 2 aromatic heterocycles. The maximum Gasteiger partial charge on any atom is 0.245 e. The summed E-state index contributed by atoms with van der Waals surface area (Å²) >= 11 is 0. The van der Waals surface area contributed by atoms with Crippen LogP contribution >= 0.6 is 0 Å². The van der Waals surface area contributed by atoms with Crippen LogP contribution in [-0.4, -0.2) is 32.6 Å². The van der Waals surface area contributed by atoms with Gasteiger partial charge in [0.25, 0.3) is 0 Å². The number of aliphatic imine (C=N–C) groups is 1. The molecule has 0 saturated carbocycles. The van der Waals surface area contributed by atoms with Crippen molar-refractivity contribution in [1.29, 1.82) is 0 Å². The van der Waals surface area contributed by atoms with Crippen LogP contribution in [0.3, 0.4) is 0 Å². The van der Waals surface area contributed by atoms with E-state index in [-0.39, 0.29) is 5.41 Å². The zero-order valence-electron chi connectivity index (χ0n) is 17.0. The normalized spacial score (nSPS) is 12.1. The lowest BCUT2D eigenvalue weighted by molar-refractivity contribution is 0.300. The fraction of sp³-hybridized carbons (Fsp3) is 0.261. The summed E-state index contributed by atoms with van der Waals surface area (Å²) in [4.78, 5) is 8.39. The molecule has 4 rings (SSSR count). The van der Waals surface area contributed by atoms with Crippen LogP contribution in [0.15, 0.2) is 66.0 Å². The van der Waals surface area contributed by atoms with Crippen molar-refractivity contribution in [2.75, 3.05) is 6.61 Å². The molecule has 0 fully saturated rings. The third-order valence-electron chi connectivity index (χ3n) is 4.87. The number of H-pyrrole nitrogens is 1. The number of rotatable bonds is 6. The van der Waals surface area contributed by atoms with Gasteiger partial charge in [0.05, 0.1) is 6.54 Å². The molecule has 0 aliphatic rings. The van der Waals surface area contributed by atoms with Gasteiger partial charge in [-0.1, -0.05) is 51.1 Å². The number of aromatic nitrogens is 4. The van der Waals surface area contributed by atoms with E-state index in [1.54, 1.807) is 0 Å². The summed E-state index contributed by atoms with van der Waals surface area (Å²) in [5.74, 6) is 1.38. The van der Waals surface area contributed by atoms with Gasteiger partial charge in [-0.3, -0.25) is 0 Å². The molecule has 1 N–H and O–H groups in total. The van der Waals surface area contributed by atoms with E-state index < -0.39 is 0 Å². The Labute approximate surface area is 170 Å². The number of nitrogens with one attached hydrogen (secondary N) is 1. The van der Waals surface area contributed by atoms with Gasteiger partial charge in [0.1, 0.15) is 18.7 Å². The zero-order valence-corrected chi connectivity index (χ0v) is 17.0. The van der Waals surface area contributed by atoms with E-state index >= 15 is 0 Å². The maximum absolute atomic E-state index is 5.98. The number of hydrogen-bond donors (Lipinski definition) is 1. The second-order valence-electron chi connectivity index (χ2n) is 7.99. The Morgan fingerprint density at radius 1 is 1.10 bits per heavy atom. The van der Waals surface area contributed by atoms with Crippen LogP contribution in [0.25, 0.3) is 10.9 Å². The minimum absolute atomic E-state index is 0.145. The second kappa shape index (κ2) is 7.91. The molecule has 0 bridgehead atoms. The quantitative estimate of drug-likeness (QED) is 0.479. The largest absolute Gasteiger partial charge is 0.492 e. The lowest BCUT2D eigenvalue weighted by atomic mass is 9.87. The highest BCUT2D eigenvalue weighted by Crippen LogP contribution is 2.24. The van der Waals surface area contributed by atoms with Crippen LogP contribution in [-0.2, 0) is 12.0 Å². The van der Waals surface area contributed by atoms with Crippen molar-refractivity contribution in [2.45, 2.75) is 32.7 Å². The molecule has 0 aliphatic heterocycles. The van der Waals surface area contributed by atoms with Gasteiger partial charge in [-0.15, -0.1) is 0 Å².